The van der Waals surface area contributed by atoms with Crippen LogP contribution in [0.3, 0.4) is 0 Å². The number of carbonyl (C=O) groups is 1. The first kappa shape index (κ1) is 19.1. The standard InChI is InChI=1S/C25H21N3O3/c29-12-11-26-25(31)19-6-5-18-13-22-23(27-28-24(22)21(18)14-19)17-3-1-15(2-4-17)16-7-9-20(30)10-8-16/h1-10,14,29-30H,11-13H2,(H,26,31)(H,27,28). The first-order valence-corrected chi connectivity index (χ1v) is 10.1. The zero-order valence-corrected chi connectivity index (χ0v) is 16.7. The highest BCUT2D eigenvalue weighted by atomic mass is 16.3. The lowest BCUT2D eigenvalue weighted by Crippen LogP contribution is -2.26. The van der Waals surface area contributed by atoms with E-state index in [4.69, 9.17) is 5.11 Å². The molecule has 0 spiro atoms. The Morgan fingerprint density at radius 2 is 1.65 bits per heavy atom. The van der Waals surface area contributed by atoms with Crippen LogP contribution in [0.15, 0.2) is 66.7 Å². The monoisotopic (exact) mass is 411 g/mol. The Bertz CT molecular complexity index is 1260. The second-order valence-electron chi connectivity index (χ2n) is 7.58. The van der Waals surface area contributed by atoms with Gasteiger partial charge in [-0.05, 0) is 41.0 Å². The first-order chi connectivity index (χ1) is 15.1. The molecule has 3 aromatic carbocycles. The maximum absolute atomic E-state index is 12.2. The van der Waals surface area contributed by atoms with E-state index >= 15 is 0 Å². The molecule has 1 aliphatic rings. The van der Waals surface area contributed by atoms with E-state index < -0.39 is 0 Å². The molecule has 4 N–H and O–H groups in total. The molecule has 0 fully saturated rings. The molecular weight excluding hydrogens is 390 g/mol. The second-order valence-corrected chi connectivity index (χ2v) is 7.58. The number of phenolic OH excluding ortho intramolecular Hbond substituents is 1. The van der Waals surface area contributed by atoms with Crippen molar-refractivity contribution in [3.05, 3.63) is 83.4 Å². The van der Waals surface area contributed by atoms with E-state index in [9.17, 15) is 9.90 Å². The van der Waals surface area contributed by atoms with E-state index in [0.29, 0.717) is 5.56 Å². The van der Waals surface area contributed by atoms with E-state index in [1.165, 1.54) is 0 Å². The Hall–Kier alpha value is -3.90. The molecule has 0 unspecified atom stereocenters. The number of rotatable bonds is 5. The molecule has 1 aliphatic carbocycles. The van der Waals surface area contributed by atoms with Crippen molar-refractivity contribution in [2.24, 2.45) is 0 Å². The number of H-pyrrole nitrogens is 1. The molecule has 0 bridgehead atoms. The van der Waals surface area contributed by atoms with E-state index in [-0.39, 0.29) is 24.8 Å². The number of hydrogen-bond donors (Lipinski definition) is 4. The summed E-state index contributed by atoms with van der Waals surface area (Å²) in [6.07, 6.45) is 0.759. The van der Waals surface area contributed by atoms with Crippen LogP contribution in [-0.4, -0.2) is 39.5 Å². The molecule has 5 rings (SSSR count). The van der Waals surface area contributed by atoms with Gasteiger partial charge in [-0.3, -0.25) is 9.89 Å². The molecule has 0 saturated carbocycles. The van der Waals surface area contributed by atoms with Gasteiger partial charge in [-0.2, -0.15) is 5.10 Å². The van der Waals surface area contributed by atoms with Crippen LogP contribution < -0.4 is 5.32 Å². The minimum atomic E-state index is -0.199. The van der Waals surface area contributed by atoms with Gasteiger partial charge in [0.05, 0.1) is 18.0 Å². The number of nitrogens with one attached hydrogen (secondary N) is 2. The molecule has 154 valence electrons. The number of fused-ring (bicyclic) bond motifs is 3. The van der Waals surface area contributed by atoms with Crippen molar-refractivity contribution in [2.45, 2.75) is 6.42 Å². The Balaban J connectivity index is 1.43. The largest absolute Gasteiger partial charge is 0.508 e. The Labute approximate surface area is 179 Å². The molecule has 6 heteroatoms. The molecule has 0 aliphatic heterocycles. The lowest BCUT2D eigenvalue weighted by molar-refractivity contribution is 0.0945. The van der Waals surface area contributed by atoms with Gasteiger partial charge in [0.1, 0.15) is 5.75 Å². The molecular formula is C25H21N3O3. The zero-order valence-electron chi connectivity index (χ0n) is 16.7. The summed E-state index contributed by atoms with van der Waals surface area (Å²) in [5.74, 6) is 0.0518. The van der Waals surface area contributed by atoms with Crippen LogP contribution in [0.1, 0.15) is 21.5 Å². The van der Waals surface area contributed by atoms with Gasteiger partial charge in [0.2, 0.25) is 0 Å². The number of nitrogens with zero attached hydrogens (tertiary/aromatic N) is 1. The second kappa shape index (κ2) is 7.74. The maximum Gasteiger partial charge on any atom is 0.251 e. The third kappa shape index (κ3) is 3.47. The highest BCUT2D eigenvalue weighted by Crippen LogP contribution is 2.40. The molecule has 1 amide bonds. The van der Waals surface area contributed by atoms with Gasteiger partial charge in [0, 0.05) is 35.2 Å². The first-order valence-electron chi connectivity index (χ1n) is 10.1. The number of carbonyl (C=O) groups excluding carboxylic acids is 1. The number of aromatic amines is 1. The van der Waals surface area contributed by atoms with Crippen LogP contribution in [-0.2, 0) is 6.42 Å². The van der Waals surface area contributed by atoms with Crippen molar-refractivity contribution >= 4 is 5.91 Å². The van der Waals surface area contributed by atoms with E-state index in [1.54, 1.807) is 12.1 Å². The number of hydrogen-bond acceptors (Lipinski definition) is 4. The summed E-state index contributed by atoms with van der Waals surface area (Å²) in [5, 5.41) is 28.8. The molecule has 6 nitrogen and oxygen atoms in total. The molecule has 31 heavy (non-hydrogen) atoms. The van der Waals surface area contributed by atoms with E-state index in [2.05, 4.69) is 39.8 Å². The zero-order chi connectivity index (χ0) is 21.4. The summed E-state index contributed by atoms with van der Waals surface area (Å²) in [6, 6.07) is 21.0. The summed E-state index contributed by atoms with van der Waals surface area (Å²) in [4.78, 5) is 12.2. The van der Waals surface area contributed by atoms with Gasteiger partial charge in [-0.15, -0.1) is 0 Å². The number of aromatic hydroxyl groups is 1. The number of aromatic nitrogens is 2. The molecule has 1 aromatic heterocycles. The Morgan fingerprint density at radius 3 is 2.35 bits per heavy atom. The molecule has 0 saturated heterocycles. The van der Waals surface area contributed by atoms with Gasteiger partial charge in [0.25, 0.3) is 5.91 Å². The van der Waals surface area contributed by atoms with Crippen molar-refractivity contribution in [3.8, 4) is 39.4 Å². The SMILES string of the molecule is O=C(NCCO)c1ccc2c(c1)-c1[nH]nc(-c3ccc(-c4ccc(O)cc4)cc3)c1C2. The van der Waals surface area contributed by atoms with Crippen LogP contribution in [0.5, 0.6) is 5.75 Å². The predicted octanol–water partition coefficient (Wildman–Crippen LogP) is 3.74. The number of phenols is 1. The van der Waals surface area contributed by atoms with Crippen molar-refractivity contribution in [1.82, 2.24) is 15.5 Å². The minimum Gasteiger partial charge on any atom is -0.508 e. The summed E-state index contributed by atoms with van der Waals surface area (Å²) in [5.41, 5.74) is 8.83. The third-order valence-electron chi connectivity index (χ3n) is 5.63. The third-order valence-corrected chi connectivity index (χ3v) is 5.63. The molecule has 4 aromatic rings. The van der Waals surface area contributed by atoms with Crippen LogP contribution in [0.25, 0.3) is 33.6 Å². The summed E-state index contributed by atoms with van der Waals surface area (Å²) < 4.78 is 0. The van der Waals surface area contributed by atoms with Gasteiger partial charge in [-0.1, -0.05) is 42.5 Å². The van der Waals surface area contributed by atoms with Crippen LogP contribution in [0, 0.1) is 0 Å². The fourth-order valence-electron chi connectivity index (χ4n) is 4.04. The van der Waals surface area contributed by atoms with Gasteiger partial charge < -0.3 is 15.5 Å². The lowest BCUT2D eigenvalue weighted by Gasteiger charge is -2.06. The molecule has 1 heterocycles. The predicted molar refractivity (Wildman–Crippen MR) is 119 cm³/mol. The van der Waals surface area contributed by atoms with Gasteiger partial charge in [0.15, 0.2) is 0 Å². The van der Waals surface area contributed by atoms with Crippen molar-refractivity contribution in [1.29, 1.82) is 0 Å². The van der Waals surface area contributed by atoms with Gasteiger partial charge in [-0.25, -0.2) is 0 Å². The van der Waals surface area contributed by atoms with Crippen molar-refractivity contribution in [2.75, 3.05) is 13.2 Å². The van der Waals surface area contributed by atoms with Crippen LogP contribution >= 0.6 is 0 Å². The maximum atomic E-state index is 12.2. The highest BCUT2D eigenvalue weighted by molar-refractivity contribution is 5.96. The molecule has 0 atom stereocenters. The fraction of sp³-hybridized carbons (Fsp3) is 0.120. The Kier molecular flexibility index (Phi) is 4.76. The van der Waals surface area contributed by atoms with E-state index in [0.717, 1.165) is 51.2 Å². The minimum absolute atomic E-state index is 0.0870. The molecule has 0 radical (unpaired) electrons. The lowest BCUT2D eigenvalue weighted by atomic mass is 10.0. The normalized spacial score (nSPS) is 11.8. The Morgan fingerprint density at radius 1 is 0.968 bits per heavy atom. The highest BCUT2D eigenvalue weighted by Gasteiger charge is 2.26. The smallest absolute Gasteiger partial charge is 0.251 e. The van der Waals surface area contributed by atoms with Crippen molar-refractivity contribution < 1.29 is 15.0 Å². The fourth-order valence-corrected chi connectivity index (χ4v) is 4.04. The number of aliphatic hydroxyl groups is 1. The van der Waals surface area contributed by atoms with Gasteiger partial charge >= 0.3 is 0 Å². The topological polar surface area (TPSA) is 98.2 Å². The average molecular weight is 411 g/mol. The van der Waals surface area contributed by atoms with Crippen LogP contribution in [0.4, 0.5) is 0 Å². The number of amides is 1. The summed E-state index contributed by atoms with van der Waals surface area (Å²) >= 11 is 0. The van der Waals surface area contributed by atoms with Crippen LogP contribution in [0.2, 0.25) is 0 Å². The summed E-state index contributed by atoms with van der Waals surface area (Å²) in [7, 11) is 0. The summed E-state index contributed by atoms with van der Waals surface area (Å²) in [6.45, 7) is 0.145. The average Bonchev–Trinajstić information content (AvgIpc) is 3.37. The van der Waals surface area contributed by atoms with Crippen molar-refractivity contribution in [3.63, 3.8) is 0 Å². The quantitative estimate of drug-likeness (QED) is 0.354. The number of benzene rings is 3. The number of aliphatic hydroxyl groups excluding tert-OH is 1. The van der Waals surface area contributed by atoms with E-state index in [1.807, 2.05) is 30.3 Å².